The second kappa shape index (κ2) is 6.89. The van der Waals surface area contributed by atoms with Crippen molar-refractivity contribution in [2.75, 3.05) is 6.54 Å². The molecule has 22 heavy (non-hydrogen) atoms. The highest BCUT2D eigenvalue weighted by atomic mass is 16.4. The van der Waals surface area contributed by atoms with E-state index in [4.69, 9.17) is 0 Å². The van der Waals surface area contributed by atoms with Gasteiger partial charge in [0.05, 0.1) is 5.97 Å². The summed E-state index contributed by atoms with van der Waals surface area (Å²) in [7, 11) is 0. The van der Waals surface area contributed by atoms with E-state index in [0.29, 0.717) is 29.2 Å². The standard InChI is InChI=1S/C18H19NO3/c1-12(2)11-19-17(20)15-9-5-3-7-13(15)14-8-4-6-10-16(14)18(21)22/h3-10,12H,11H2,1-2H3,(H,19,20)(H,21,22)/p-1. The van der Waals surface area contributed by atoms with Crippen molar-refractivity contribution in [2.24, 2.45) is 5.92 Å². The molecule has 114 valence electrons. The third-order valence-electron chi connectivity index (χ3n) is 3.28. The summed E-state index contributed by atoms with van der Waals surface area (Å²) in [5.41, 5.74) is 1.60. The number of amides is 1. The first kappa shape index (κ1) is 15.8. The largest absolute Gasteiger partial charge is 0.545 e. The monoisotopic (exact) mass is 296 g/mol. The second-order valence-corrected chi connectivity index (χ2v) is 5.48. The number of carbonyl (C=O) groups is 2. The third-order valence-corrected chi connectivity index (χ3v) is 3.28. The molecule has 4 heteroatoms. The molecule has 0 aliphatic rings. The first-order valence-corrected chi connectivity index (χ1v) is 7.18. The SMILES string of the molecule is CC(C)CNC(=O)c1ccccc1-c1ccccc1C(=O)[O-]. The number of carboxylic acid groups (broad SMARTS) is 1. The molecule has 2 aromatic rings. The van der Waals surface area contributed by atoms with E-state index in [1.807, 2.05) is 13.8 Å². The minimum Gasteiger partial charge on any atom is -0.545 e. The van der Waals surface area contributed by atoms with Gasteiger partial charge in [-0.15, -0.1) is 0 Å². The van der Waals surface area contributed by atoms with Gasteiger partial charge in [0.2, 0.25) is 0 Å². The molecule has 0 aliphatic heterocycles. The molecule has 0 spiro atoms. The Balaban J connectivity index is 2.45. The van der Waals surface area contributed by atoms with Crippen LogP contribution in [-0.2, 0) is 0 Å². The highest BCUT2D eigenvalue weighted by Crippen LogP contribution is 2.27. The van der Waals surface area contributed by atoms with Crippen molar-refractivity contribution < 1.29 is 14.7 Å². The van der Waals surface area contributed by atoms with Crippen LogP contribution >= 0.6 is 0 Å². The third kappa shape index (κ3) is 3.52. The van der Waals surface area contributed by atoms with Gasteiger partial charge in [-0.1, -0.05) is 56.3 Å². The number of carbonyl (C=O) groups excluding carboxylic acids is 2. The lowest BCUT2D eigenvalue weighted by molar-refractivity contribution is -0.254. The van der Waals surface area contributed by atoms with E-state index in [2.05, 4.69) is 5.32 Å². The van der Waals surface area contributed by atoms with E-state index in [-0.39, 0.29) is 11.5 Å². The highest BCUT2D eigenvalue weighted by Gasteiger charge is 2.15. The number of benzene rings is 2. The molecule has 0 atom stereocenters. The Morgan fingerprint density at radius 3 is 2.00 bits per heavy atom. The highest BCUT2D eigenvalue weighted by molar-refractivity contribution is 6.04. The maximum absolute atomic E-state index is 12.4. The molecule has 0 bridgehead atoms. The fourth-order valence-electron chi connectivity index (χ4n) is 2.20. The normalized spacial score (nSPS) is 10.5. The van der Waals surface area contributed by atoms with Crippen molar-refractivity contribution in [3.05, 3.63) is 59.7 Å². The van der Waals surface area contributed by atoms with Gasteiger partial charge in [0.15, 0.2) is 0 Å². The Labute approximate surface area is 129 Å². The summed E-state index contributed by atoms with van der Waals surface area (Å²) in [6.45, 7) is 4.59. The molecular weight excluding hydrogens is 278 g/mol. The fraction of sp³-hybridized carbons (Fsp3) is 0.222. The van der Waals surface area contributed by atoms with Crippen molar-refractivity contribution in [1.29, 1.82) is 0 Å². The van der Waals surface area contributed by atoms with Crippen molar-refractivity contribution >= 4 is 11.9 Å². The van der Waals surface area contributed by atoms with Crippen molar-refractivity contribution in [3.63, 3.8) is 0 Å². The Hall–Kier alpha value is -2.62. The van der Waals surface area contributed by atoms with Gasteiger partial charge in [-0.2, -0.15) is 0 Å². The molecule has 0 heterocycles. The van der Waals surface area contributed by atoms with Crippen LogP contribution in [-0.4, -0.2) is 18.4 Å². The van der Waals surface area contributed by atoms with Crippen LogP contribution < -0.4 is 10.4 Å². The molecule has 0 aliphatic carbocycles. The summed E-state index contributed by atoms with van der Waals surface area (Å²) in [6, 6.07) is 13.5. The van der Waals surface area contributed by atoms with E-state index >= 15 is 0 Å². The molecule has 0 radical (unpaired) electrons. The van der Waals surface area contributed by atoms with E-state index in [1.165, 1.54) is 6.07 Å². The van der Waals surface area contributed by atoms with Crippen LogP contribution in [0.1, 0.15) is 34.6 Å². The Morgan fingerprint density at radius 1 is 0.955 bits per heavy atom. The summed E-state index contributed by atoms with van der Waals surface area (Å²) >= 11 is 0. The van der Waals surface area contributed by atoms with Crippen LogP contribution in [0.2, 0.25) is 0 Å². The van der Waals surface area contributed by atoms with Gasteiger partial charge in [-0.25, -0.2) is 0 Å². The van der Waals surface area contributed by atoms with Crippen LogP contribution in [0.25, 0.3) is 11.1 Å². The molecule has 0 saturated heterocycles. The predicted octanol–water partition coefficient (Wildman–Crippen LogP) is 2.10. The van der Waals surface area contributed by atoms with Gasteiger partial charge >= 0.3 is 0 Å². The van der Waals surface area contributed by atoms with E-state index in [9.17, 15) is 14.7 Å². The number of rotatable bonds is 5. The zero-order chi connectivity index (χ0) is 16.1. The lowest BCUT2D eigenvalue weighted by Gasteiger charge is -2.15. The van der Waals surface area contributed by atoms with E-state index in [1.54, 1.807) is 42.5 Å². The number of hydrogen-bond acceptors (Lipinski definition) is 3. The minimum absolute atomic E-state index is 0.0756. The molecule has 0 fully saturated rings. The Morgan fingerprint density at radius 2 is 1.45 bits per heavy atom. The van der Waals surface area contributed by atoms with E-state index in [0.717, 1.165) is 0 Å². The molecule has 0 aromatic heterocycles. The quantitative estimate of drug-likeness (QED) is 0.918. The van der Waals surface area contributed by atoms with Gasteiger partial charge in [0.25, 0.3) is 5.91 Å². The molecule has 0 unspecified atom stereocenters. The topological polar surface area (TPSA) is 69.2 Å². The zero-order valence-electron chi connectivity index (χ0n) is 12.6. The molecule has 2 aromatic carbocycles. The van der Waals surface area contributed by atoms with Crippen LogP contribution in [0.4, 0.5) is 0 Å². The Kier molecular flexibility index (Phi) is 4.94. The van der Waals surface area contributed by atoms with Gasteiger partial charge in [-0.05, 0) is 23.1 Å². The van der Waals surface area contributed by atoms with Gasteiger partial charge in [0, 0.05) is 17.7 Å². The van der Waals surface area contributed by atoms with Crippen LogP contribution in [0.3, 0.4) is 0 Å². The minimum atomic E-state index is -1.26. The van der Waals surface area contributed by atoms with Crippen LogP contribution in [0, 0.1) is 5.92 Å². The number of hydrogen-bond donors (Lipinski definition) is 1. The lowest BCUT2D eigenvalue weighted by Crippen LogP contribution is -2.28. The van der Waals surface area contributed by atoms with Crippen molar-refractivity contribution in [1.82, 2.24) is 5.32 Å². The average molecular weight is 296 g/mol. The molecule has 0 saturated carbocycles. The van der Waals surface area contributed by atoms with Crippen LogP contribution in [0.15, 0.2) is 48.5 Å². The predicted molar refractivity (Wildman–Crippen MR) is 83.4 cm³/mol. The molecular formula is C18H18NO3-. The van der Waals surface area contributed by atoms with E-state index < -0.39 is 5.97 Å². The smallest absolute Gasteiger partial charge is 0.251 e. The molecule has 1 N–H and O–H groups in total. The number of carboxylic acids is 1. The van der Waals surface area contributed by atoms with Gasteiger partial charge in [0.1, 0.15) is 0 Å². The molecule has 1 amide bonds. The number of nitrogens with one attached hydrogen (secondary N) is 1. The first-order valence-electron chi connectivity index (χ1n) is 7.18. The maximum atomic E-state index is 12.4. The van der Waals surface area contributed by atoms with Crippen molar-refractivity contribution in [3.8, 4) is 11.1 Å². The summed E-state index contributed by atoms with van der Waals surface area (Å²) in [5, 5.41) is 14.1. The zero-order valence-corrected chi connectivity index (χ0v) is 12.6. The fourth-order valence-corrected chi connectivity index (χ4v) is 2.20. The summed E-state index contributed by atoms with van der Waals surface area (Å²) in [4.78, 5) is 23.6. The summed E-state index contributed by atoms with van der Waals surface area (Å²) in [5.74, 6) is -1.13. The first-order chi connectivity index (χ1) is 10.5. The molecule has 4 nitrogen and oxygen atoms in total. The second-order valence-electron chi connectivity index (χ2n) is 5.48. The summed E-state index contributed by atoms with van der Waals surface area (Å²) in [6.07, 6.45) is 0. The van der Waals surface area contributed by atoms with Crippen molar-refractivity contribution in [2.45, 2.75) is 13.8 Å². The summed E-state index contributed by atoms with van der Waals surface area (Å²) < 4.78 is 0. The average Bonchev–Trinajstić information content (AvgIpc) is 2.52. The van der Waals surface area contributed by atoms with Gasteiger partial charge < -0.3 is 15.2 Å². The Bertz CT molecular complexity index is 692. The maximum Gasteiger partial charge on any atom is 0.251 e. The molecule has 2 rings (SSSR count). The van der Waals surface area contributed by atoms with Crippen LogP contribution in [0.5, 0.6) is 0 Å². The van der Waals surface area contributed by atoms with Gasteiger partial charge in [-0.3, -0.25) is 4.79 Å². The number of aromatic carboxylic acids is 1. The lowest BCUT2D eigenvalue weighted by atomic mass is 9.95.